The van der Waals surface area contributed by atoms with Gasteiger partial charge in [0.2, 0.25) is 17.8 Å². The fourth-order valence-electron chi connectivity index (χ4n) is 2.71. The Morgan fingerprint density at radius 1 is 1.17 bits per heavy atom. The summed E-state index contributed by atoms with van der Waals surface area (Å²) in [6, 6.07) is 4.38. The molecule has 1 aliphatic rings. The van der Waals surface area contributed by atoms with Gasteiger partial charge in [-0.2, -0.15) is 4.99 Å². The molecule has 1 aliphatic heterocycles. The van der Waals surface area contributed by atoms with Crippen molar-refractivity contribution in [2.45, 2.75) is 46.6 Å². The first kappa shape index (κ1) is 22.8. The summed E-state index contributed by atoms with van der Waals surface area (Å²) in [6.45, 7) is 7.30. The lowest BCUT2D eigenvalue weighted by Crippen LogP contribution is -2.41. The maximum Gasteiger partial charge on any atom is 0.319 e. The Hall–Kier alpha value is -2.45. The van der Waals surface area contributed by atoms with Gasteiger partial charge in [-0.15, -0.1) is 0 Å². The molecule has 1 aromatic carbocycles. The van der Waals surface area contributed by atoms with E-state index in [9.17, 15) is 14.4 Å². The first-order valence-corrected chi connectivity index (χ1v) is 10.0. The Bertz CT molecular complexity index is 879. The zero-order chi connectivity index (χ0) is 21.7. The SMILES string of the molecule is CCC(CC)C(=O)NC(=Nc1ccc(Cl)c(Cl)c1)/N=C1/NC(=O)C(=O)N1C(C)C. The Labute approximate surface area is 179 Å². The molecule has 0 spiro atoms. The number of aliphatic imine (C=N–C) groups is 2. The van der Waals surface area contributed by atoms with E-state index in [1.54, 1.807) is 26.0 Å². The van der Waals surface area contributed by atoms with E-state index in [-0.39, 0.29) is 29.8 Å². The Kier molecular flexibility index (Phi) is 7.75. The summed E-state index contributed by atoms with van der Waals surface area (Å²) in [5.41, 5.74) is 0.398. The van der Waals surface area contributed by atoms with Crippen LogP contribution >= 0.6 is 23.2 Å². The second-order valence-corrected chi connectivity index (χ2v) is 7.51. The second kappa shape index (κ2) is 9.84. The molecule has 0 unspecified atom stereocenters. The first-order chi connectivity index (χ1) is 13.7. The predicted octanol–water partition coefficient (Wildman–Crippen LogP) is 3.26. The molecule has 1 heterocycles. The molecule has 8 nitrogen and oxygen atoms in total. The minimum Gasteiger partial charge on any atom is -0.294 e. The number of carbonyl (C=O) groups excluding carboxylic acids is 3. The largest absolute Gasteiger partial charge is 0.319 e. The Morgan fingerprint density at radius 3 is 2.38 bits per heavy atom. The minimum atomic E-state index is -0.794. The van der Waals surface area contributed by atoms with Crippen molar-refractivity contribution >= 4 is 58.5 Å². The molecule has 1 fully saturated rings. The molecule has 1 saturated heterocycles. The highest BCUT2D eigenvalue weighted by atomic mass is 35.5. The number of amides is 3. The maximum absolute atomic E-state index is 12.6. The maximum atomic E-state index is 12.6. The lowest BCUT2D eigenvalue weighted by atomic mass is 10.0. The summed E-state index contributed by atoms with van der Waals surface area (Å²) in [5, 5.41) is 5.74. The molecule has 0 aromatic heterocycles. The van der Waals surface area contributed by atoms with Crippen LogP contribution in [0.3, 0.4) is 0 Å². The Morgan fingerprint density at radius 2 is 1.83 bits per heavy atom. The topological polar surface area (TPSA) is 103 Å². The number of rotatable bonds is 5. The van der Waals surface area contributed by atoms with Gasteiger partial charge < -0.3 is 0 Å². The lowest BCUT2D eigenvalue weighted by molar-refractivity contribution is -0.140. The molecular formula is C19H23Cl2N5O3. The van der Waals surface area contributed by atoms with E-state index < -0.39 is 11.8 Å². The molecule has 2 rings (SSSR count). The predicted molar refractivity (Wildman–Crippen MR) is 113 cm³/mol. The van der Waals surface area contributed by atoms with E-state index in [1.807, 2.05) is 13.8 Å². The quantitative estimate of drug-likeness (QED) is 0.417. The molecule has 0 radical (unpaired) electrons. The fraction of sp³-hybridized carbons (Fsp3) is 0.421. The molecule has 1 aromatic rings. The van der Waals surface area contributed by atoms with Crippen LogP contribution in [-0.2, 0) is 14.4 Å². The lowest BCUT2D eigenvalue weighted by Gasteiger charge is -2.19. The van der Waals surface area contributed by atoms with Gasteiger partial charge in [-0.3, -0.25) is 29.9 Å². The van der Waals surface area contributed by atoms with E-state index in [4.69, 9.17) is 23.2 Å². The van der Waals surface area contributed by atoms with Crippen molar-refractivity contribution in [1.29, 1.82) is 0 Å². The molecule has 29 heavy (non-hydrogen) atoms. The van der Waals surface area contributed by atoms with E-state index in [0.29, 0.717) is 28.6 Å². The fourth-order valence-corrected chi connectivity index (χ4v) is 3.00. The molecule has 3 amide bonds. The molecular weight excluding hydrogens is 417 g/mol. The normalized spacial score (nSPS) is 16.2. The van der Waals surface area contributed by atoms with Crippen LogP contribution < -0.4 is 10.6 Å². The monoisotopic (exact) mass is 439 g/mol. The zero-order valence-electron chi connectivity index (χ0n) is 16.6. The van der Waals surface area contributed by atoms with Crippen LogP contribution in [0, 0.1) is 5.92 Å². The van der Waals surface area contributed by atoms with Crippen molar-refractivity contribution in [3.8, 4) is 0 Å². The summed E-state index contributed by atoms with van der Waals surface area (Å²) in [7, 11) is 0. The van der Waals surface area contributed by atoms with Crippen molar-refractivity contribution in [1.82, 2.24) is 15.5 Å². The van der Waals surface area contributed by atoms with Crippen LogP contribution in [0.1, 0.15) is 40.5 Å². The van der Waals surface area contributed by atoms with Gasteiger partial charge in [-0.1, -0.05) is 37.0 Å². The van der Waals surface area contributed by atoms with Crippen molar-refractivity contribution in [3.05, 3.63) is 28.2 Å². The first-order valence-electron chi connectivity index (χ1n) is 9.25. The number of guanidine groups is 2. The standard InChI is InChI=1S/C19H23Cl2N5O3/c1-5-11(6-2)15(27)23-18(22-12-7-8-13(20)14(21)9-12)25-19-24-16(28)17(29)26(19)10(3)4/h7-11H,5-6H2,1-4H3,(H2,22,23,24,25,27,28). The van der Waals surface area contributed by atoms with Crippen LogP contribution in [0.2, 0.25) is 10.0 Å². The van der Waals surface area contributed by atoms with Gasteiger partial charge >= 0.3 is 11.8 Å². The summed E-state index contributed by atoms with van der Waals surface area (Å²) in [4.78, 5) is 46.2. The third kappa shape index (κ3) is 5.55. The van der Waals surface area contributed by atoms with Gasteiger partial charge in [0.1, 0.15) is 0 Å². The summed E-state index contributed by atoms with van der Waals surface area (Å²) in [6.07, 6.45) is 1.29. The van der Waals surface area contributed by atoms with E-state index >= 15 is 0 Å². The second-order valence-electron chi connectivity index (χ2n) is 6.69. The molecule has 0 bridgehead atoms. The minimum absolute atomic E-state index is 0.00124. The van der Waals surface area contributed by atoms with E-state index in [2.05, 4.69) is 20.6 Å². The van der Waals surface area contributed by atoms with Crippen LogP contribution in [-0.4, -0.2) is 40.6 Å². The number of hydrogen-bond acceptors (Lipinski definition) is 4. The highest BCUT2D eigenvalue weighted by Gasteiger charge is 2.37. The number of nitrogens with one attached hydrogen (secondary N) is 2. The van der Waals surface area contributed by atoms with Crippen LogP contribution in [0.25, 0.3) is 0 Å². The molecule has 10 heteroatoms. The summed E-state index contributed by atoms with van der Waals surface area (Å²) < 4.78 is 0. The van der Waals surface area contributed by atoms with Crippen molar-refractivity contribution in [2.24, 2.45) is 15.9 Å². The van der Waals surface area contributed by atoms with E-state index in [1.165, 1.54) is 11.0 Å². The highest BCUT2D eigenvalue weighted by molar-refractivity contribution is 6.46. The third-order valence-electron chi connectivity index (χ3n) is 4.32. The van der Waals surface area contributed by atoms with E-state index in [0.717, 1.165) is 0 Å². The molecule has 0 saturated carbocycles. The molecule has 0 aliphatic carbocycles. The van der Waals surface area contributed by atoms with Gasteiger partial charge in [-0.25, -0.2) is 4.99 Å². The summed E-state index contributed by atoms with van der Waals surface area (Å²) >= 11 is 12.0. The van der Waals surface area contributed by atoms with Crippen molar-refractivity contribution < 1.29 is 14.4 Å². The number of halogens is 2. The third-order valence-corrected chi connectivity index (χ3v) is 5.06. The van der Waals surface area contributed by atoms with Gasteiger partial charge in [0, 0.05) is 12.0 Å². The number of carbonyl (C=O) groups is 3. The average molecular weight is 440 g/mol. The Balaban J connectivity index is 2.47. The molecule has 2 N–H and O–H groups in total. The van der Waals surface area contributed by atoms with Crippen molar-refractivity contribution in [3.63, 3.8) is 0 Å². The number of benzene rings is 1. The van der Waals surface area contributed by atoms with Crippen LogP contribution in [0.5, 0.6) is 0 Å². The number of nitrogens with zero attached hydrogens (tertiary/aromatic N) is 3. The van der Waals surface area contributed by atoms with Gasteiger partial charge in [-0.05, 0) is 44.9 Å². The molecule has 0 atom stereocenters. The summed E-state index contributed by atoms with van der Waals surface area (Å²) in [5.74, 6) is -2.08. The van der Waals surface area contributed by atoms with Crippen molar-refractivity contribution in [2.75, 3.05) is 0 Å². The average Bonchev–Trinajstić information content (AvgIpc) is 2.92. The number of hydrogen-bond donors (Lipinski definition) is 2. The van der Waals surface area contributed by atoms with Gasteiger partial charge in [0.05, 0.1) is 15.7 Å². The van der Waals surface area contributed by atoms with Crippen LogP contribution in [0.4, 0.5) is 5.69 Å². The van der Waals surface area contributed by atoms with Gasteiger partial charge in [0.15, 0.2) is 0 Å². The van der Waals surface area contributed by atoms with Gasteiger partial charge in [0.25, 0.3) is 0 Å². The smallest absolute Gasteiger partial charge is 0.294 e. The van der Waals surface area contributed by atoms with Crippen LogP contribution in [0.15, 0.2) is 28.2 Å². The zero-order valence-corrected chi connectivity index (χ0v) is 18.1. The molecule has 156 valence electrons. The highest BCUT2D eigenvalue weighted by Crippen LogP contribution is 2.26.